The van der Waals surface area contributed by atoms with Gasteiger partial charge in [0.1, 0.15) is 12.1 Å². The van der Waals surface area contributed by atoms with Crippen LogP contribution >= 0.6 is 0 Å². The Hall–Kier alpha value is -3.74. The summed E-state index contributed by atoms with van der Waals surface area (Å²) in [5.74, 6) is 1.60. The number of carbonyl (C=O) groups is 1. The summed E-state index contributed by atoms with van der Waals surface area (Å²) in [6.07, 6.45) is 1.52. The number of carbonyl (C=O) groups excluding carboxylic acids is 1. The molecule has 5 rings (SSSR count). The van der Waals surface area contributed by atoms with Gasteiger partial charge in [-0.15, -0.1) is 0 Å². The van der Waals surface area contributed by atoms with Gasteiger partial charge in [-0.05, 0) is 12.1 Å². The molecule has 0 radical (unpaired) electrons. The van der Waals surface area contributed by atoms with Crippen molar-refractivity contribution in [3.05, 3.63) is 78.6 Å². The second-order valence-electron chi connectivity index (χ2n) is 6.98. The molecule has 0 atom stereocenters. The third-order valence-corrected chi connectivity index (χ3v) is 5.21. The van der Waals surface area contributed by atoms with E-state index in [0.717, 1.165) is 35.7 Å². The van der Waals surface area contributed by atoms with Gasteiger partial charge in [0.15, 0.2) is 0 Å². The van der Waals surface area contributed by atoms with E-state index in [1.165, 1.54) is 6.33 Å². The number of benzene rings is 2. The number of piperazine rings is 1. The average Bonchev–Trinajstić information content (AvgIpc) is 3.28. The van der Waals surface area contributed by atoms with Crippen LogP contribution in [0.3, 0.4) is 0 Å². The standard InChI is InChI=1S/C22H20N6O/c29-21(18-9-5-2-6-10-18)27-13-11-26(12-14-27)20-15-19(17-7-3-1-4-8-17)25-22-23-16-24-28(20)22/h1-10,15-16H,11-14H2. The Balaban J connectivity index is 1.41. The lowest BCUT2D eigenvalue weighted by Crippen LogP contribution is -2.49. The molecule has 1 saturated heterocycles. The Bertz CT molecular complexity index is 1130. The molecule has 2 aromatic heterocycles. The van der Waals surface area contributed by atoms with Gasteiger partial charge < -0.3 is 9.80 Å². The predicted molar refractivity (Wildman–Crippen MR) is 111 cm³/mol. The first-order valence-electron chi connectivity index (χ1n) is 9.65. The van der Waals surface area contributed by atoms with E-state index < -0.39 is 0 Å². The molecule has 144 valence electrons. The molecule has 1 aliphatic rings. The summed E-state index contributed by atoms with van der Waals surface area (Å²) in [4.78, 5) is 25.8. The molecule has 2 aromatic carbocycles. The van der Waals surface area contributed by atoms with Gasteiger partial charge in [0, 0.05) is 43.4 Å². The molecule has 0 saturated carbocycles. The quantitative estimate of drug-likeness (QED) is 0.543. The summed E-state index contributed by atoms with van der Waals surface area (Å²) in [7, 11) is 0. The molecule has 0 bridgehead atoms. The van der Waals surface area contributed by atoms with E-state index in [4.69, 9.17) is 0 Å². The van der Waals surface area contributed by atoms with Crippen LogP contribution in [0.1, 0.15) is 10.4 Å². The zero-order valence-electron chi connectivity index (χ0n) is 15.8. The number of nitrogens with zero attached hydrogens (tertiary/aromatic N) is 6. The number of hydrogen-bond donors (Lipinski definition) is 0. The van der Waals surface area contributed by atoms with Crippen molar-refractivity contribution >= 4 is 17.5 Å². The van der Waals surface area contributed by atoms with E-state index in [9.17, 15) is 4.79 Å². The summed E-state index contributed by atoms with van der Waals surface area (Å²) in [6.45, 7) is 2.78. The molecule has 1 amide bonds. The summed E-state index contributed by atoms with van der Waals surface area (Å²) in [5.41, 5.74) is 2.64. The van der Waals surface area contributed by atoms with Gasteiger partial charge in [0.25, 0.3) is 11.7 Å². The van der Waals surface area contributed by atoms with Crippen LogP contribution < -0.4 is 4.90 Å². The van der Waals surface area contributed by atoms with E-state index in [2.05, 4.69) is 20.0 Å². The van der Waals surface area contributed by atoms with Crippen LogP contribution in [0.15, 0.2) is 73.1 Å². The van der Waals surface area contributed by atoms with Crippen molar-refractivity contribution in [2.24, 2.45) is 0 Å². The smallest absolute Gasteiger partial charge is 0.254 e. The second-order valence-corrected chi connectivity index (χ2v) is 6.98. The molecule has 29 heavy (non-hydrogen) atoms. The highest BCUT2D eigenvalue weighted by Gasteiger charge is 2.24. The lowest BCUT2D eigenvalue weighted by atomic mass is 10.1. The third-order valence-electron chi connectivity index (χ3n) is 5.21. The minimum absolute atomic E-state index is 0.0795. The van der Waals surface area contributed by atoms with Crippen molar-refractivity contribution in [2.45, 2.75) is 0 Å². The molecule has 0 N–H and O–H groups in total. The van der Waals surface area contributed by atoms with Crippen LogP contribution in [-0.4, -0.2) is 56.6 Å². The van der Waals surface area contributed by atoms with Crippen molar-refractivity contribution < 1.29 is 4.79 Å². The SMILES string of the molecule is O=C(c1ccccc1)N1CCN(c2cc(-c3ccccc3)nc3ncnn23)CC1. The van der Waals surface area contributed by atoms with Crippen LogP contribution in [0.5, 0.6) is 0 Å². The van der Waals surface area contributed by atoms with Gasteiger partial charge in [-0.3, -0.25) is 4.79 Å². The van der Waals surface area contributed by atoms with E-state index in [1.54, 1.807) is 4.52 Å². The van der Waals surface area contributed by atoms with Gasteiger partial charge in [0.2, 0.25) is 0 Å². The monoisotopic (exact) mass is 384 g/mol. The largest absolute Gasteiger partial charge is 0.353 e. The van der Waals surface area contributed by atoms with Crippen LogP contribution in [-0.2, 0) is 0 Å². The number of hydrogen-bond acceptors (Lipinski definition) is 5. The van der Waals surface area contributed by atoms with Crippen molar-refractivity contribution in [1.82, 2.24) is 24.5 Å². The molecule has 3 heterocycles. The summed E-state index contributed by atoms with van der Waals surface area (Å²) in [6, 6.07) is 21.5. The van der Waals surface area contributed by atoms with E-state index >= 15 is 0 Å². The Morgan fingerprint density at radius 1 is 0.862 bits per heavy atom. The maximum Gasteiger partial charge on any atom is 0.254 e. The van der Waals surface area contributed by atoms with Gasteiger partial charge in [0.05, 0.1) is 5.69 Å². The summed E-state index contributed by atoms with van der Waals surface area (Å²) < 4.78 is 1.76. The maximum absolute atomic E-state index is 12.7. The van der Waals surface area contributed by atoms with Crippen LogP contribution in [0.2, 0.25) is 0 Å². The average molecular weight is 384 g/mol. The highest BCUT2D eigenvalue weighted by Crippen LogP contribution is 2.24. The summed E-state index contributed by atoms with van der Waals surface area (Å²) in [5, 5.41) is 4.35. The number of rotatable bonds is 3. The normalized spacial score (nSPS) is 14.3. The minimum Gasteiger partial charge on any atom is -0.353 e. The van der Waals surface area contributed by atoms with Gasteiger partial charge in [-0.25, -0.2) is 4.98 Å². The first-order chi connectivity index (χ1) is 14.3. The van der Waals surface area contributed by atoms with Crippen molar-refractivity contribution in [2.75, 3.05) is 31.1 Å². The second kappa shape index (κ2) is 7.35. The van der Waals surface area contributed by atoms with Crippen molar-refractivity contribution in [3.63, 3.8) is 0 Å². The minimum atomic E-state index is 0.0795. The van der Waals surface area contributed by atoms with Gasteiger partial charge in [-0.1, -0.05) is 48.5 Å². The highest BCUT2D eigenvalue weighted by atomic mass is 16.2. The zero-order valence-corrected chi connectivity index (χ0v) is 15.8. The highest BCUT2D eigenvalue weighted by molar-refractivity contribution is 5.94. The lowest BCUT2D eigenvalue weighted by molar-refractivity contribution is 0.0746. The van der Waals surface area contributed by atoms with Gasteiger partial charge in [-0.2, -0.15) is 14.6 Å². The van der Waals surface area contributed by atoms with E-state index in [0.29, 0.717) is 18.9 Å². The van der Waals surface area contributed by atoms with Crippen LogP contribution in [0.25, 0.3) is 17.0 Å². The van der Waals surface area contributed by atoms with E-state index in [-0.39, 0.29) is 5.91 Å². The third kappa shape index (κ3) is 3.31. The predicted octanol–water partition coefficient (Wildman–Crippen LogP) is 2.75. The Morgan fingerprint density at radius 2 is 1.55 bits per heavy atom. The summed E-state index contributed by atoms with van der Waals surface area (Å²) >= 11 is 0. The molecule has 0 spiro atoms. The fourth-order valence-electron chi connectivity index (χ4n) is 3.68. The van der Waals surface area contributed by atoms with Gasteiger partial charge >= 0.3 is 0 Å². The Morgan fingerprint density at radius 3 is 2.28 bits per heavy atom. The molecule has 0 aliphatic carbocycles. The number of aromatic nitrogens is 4. The topological polar surface area (TPSA) is 66.6 Å². The molecule has 4 aromatic rings. The number of amides is 1. The van der Waals surface area contributed by atoms with Crippen molar-refractivity contribution in [1.29, 1.82) is 0 Å². The molecule has 1 aliphatic heterocycles. The molecular formula is C22H20N6O. The molecule has 1 fully saturated rings. The fourth-order valence-corrected chi connectivity index (χ4v) is 3.68. The Labute approximate surface area is 168 Å². The maximum atomic E-state index is 12.7. The first kappa shape index (κ1) is 17.4. The van der Waals surface area contributed by atoms with Crippen LogP contribution in [0, 0.1) is 0 Å². The number of anilines is 1. The molecule has 7 nitrogen and oxygen atoms in total. The zero-order chi connectivity index (χ0) is 19.6. The lowest BCUT2D eigenvalue weighted by Gasteiger charge is -2.36. The number of fused-ring (bicyclic) bond motifs is 1. The molecular weight excluding hydrogens is 364 g/mol. The molecule has 0 unspecified atom stereocenters. The van der Waals surface area contributed by atoms with Crippen LogP contribution in [0.4, 0.5) is 5.82 Å². The van der Waals surface area contributed by atoms with E-state index in [1.807, 2.05) is 71.6 Å². The first-order valence-corrected chi connectivity index (χ1v) is 9.65. The molecule has 7 heteroatoms. The Kier molecular flexibility index (Phi) is 4.40. The fraction of sp³-hybridized carbons (Fsp3) is 0.182. The van der Waals surface area contributed by atoms with Crippen molar-refractivity contribution in [3.8, 4) is 11.3 Å².